The van der Waals surface area contributed by atoms with E-state index in [0.717, 1.165) is 6.54 Å². The molecule has 82 valence electrons. The number of nitrogens with zero attached hydrogens (tertiary/aromatic N) is 1. The second kappa shape index (κ2) is 4.80. The van der Waals surface area contributed by atoms with Crippen molar-refractivity contribution in [1.82, 2.24) is 4.90 Å². The fourth-order valence-electron chi connectivity index (χ4n) is 2.31. The van der Waals surface area contributed by atoms with Crippen molar-refractivity contribution in [3.05, 3.63) is 34.9 Å². The maximum absolute atomic E-state index is 2.58. The highest BCUT2D eigenvalue weighted by Crippen LogP contribution is 2.20. The molecule has 0 unspecified atom stereocenters. The summed E-state index contributed by atoms with van der Waals surface area (Å²) in [5.41, 5.74) is 4.52. The SMILES string of the molecule is CCCCN1CCc2cc(C)ccc2C1. The first-order valence-electron chi connectivity index (χ1n) is 6.10. The smallest absolute Gasteiger partial charge is 0.0236 e. The van der Waals surface area contributed by atoms with Crippen LogP contribution in [0.4, 0.5) is 0 Å². The molecule has 1 aromatic rings. The van der Waals surface area contributed by atoms with Gasteiger partial charge in [-0.1, -0.05) is 37.1 Å². The van der Waals surface area contributed by atoms with Gasteiger partial charge >= 0.3 is 0 Å². The van der Waals surface area contributed by atoms with Crippen molar-refractivity contribution in [2.75, 3.05) is 13.1 Å². The van der Waals surface area contributed by atoms with E-state index in [9.17, 15) is 0 Å². The predicted molar refractivity (Wildman–Crippen MR) is 65.1 cm³/mol. The summed E-state index contributed by atoms with van der Waals surface area (Å²) in [5.74, 6) is 0. The summed E-state index contributed by atoms with van der Waals surface area (Å²) in [6, 6.07) is 6.90. The Labute approximate surface area is 93.1 Å². The molecule has 0 N–H and O–H groups in total. The van der Waals surface area contributed by atoms with Crippen LogP contribution in [0.5, 0.6) is 0 Å². The molecule has 1 heterocycles. The lowest BCUT2D eigenvalue weighted by atomic mass is 9.97. The number of aryl methyl sites for hydroxylation is 1. The number of fused-ring (bicyclic) bond motifs is 1. The maximum atomic E-state index is 2.58. The van der Waals surface area contributed by atoms with E-state index >= 15 is 0 Å². The Kier molecular flexibility index (Phi) is 3.42. The zero-order valence-corrected chi connectivity index (χ0v) is 9.92. The van der Waals surface area contributed by atoms with Gasteiger partial charge in [-0.2, -0.15) is 0 Å². The molecule has 0 aliphatic carbocycles. The van der Waals surface area contributed by atoms with E-state index in [0.29, 0.717) is 0 Å². The highest BCUT2D eigenvalue weighted by molar-refractivity contribution is 5.33. The van der Waals surface area contributed by atoms with Gasteiger partial charge in [0.05, 0.1) is 0 Å². The molecule has 0 aromatic heterocycles. The summed E-state index contributed by atoms with van der Waals surface area (Å²) in [5, 5.41) is 0. The van der Waals surface area contributed by atoms with Crippen molar-refractivity contribution < 1.29 is 0 Å². The second-order valence-corrected chi connectivity index (χ2v) is 4.65. The van der Waals surface area contributed by atoms with Gasteiger partial charge in [0, 0.05) is 13.1 Å². The third kappa shape index (κ3) is 2.60. The van der Waals surface area contributed by atoms with Crippen LogP contribution in [-0.4, -0.2) is 18.0 Å². The quantitative estimate of drug-likeness (QED) is 0.729. The lowest BCUT2D eigenvalue weighted by Crippen LogP contribution is -2.31. The first-order valence-corrected chi connectivity index (χ1v) is 6.10. The van der Waals surface area contributed by atoms with E-state index in [1.165, 1.54) is 37.9 Å². The van der Waals surface area contributed by atoms with Crippen LogP contribution in [0.3, 0.4) is 0 Å². The Bertz CT molecular complexity index is 330. The molecule has 1 heteroatoms. The summed E-state index contributed by atoms with van der Waals surface area (Å²) in [7, 11) is 0. The Balaban J connectivity index is 2.03. The van der Waals surface area contributed by atoms with Gasteiger partial charge in [-0.25, -0.2) is 0 Å². The molecule has 1 nitrogen and oxygen atoms in total. The average Bonchev–Trinajstić information content (AvgIpc) is 2.26. The van der Waals surface area contributed by atoms with Crippen LogP contribution in [0.25, 0.3) is 0 Å². The van der Waals surface area contributed by atoms with E-state index in [1.807, 2.05) is 0 Å². The van der Waals surface area contributed by atoms with Crippen LogP contribution in [-0.2, 0) is 13.0 Å². The van der Waals surface area contributed by atoms with Crippen molar-refractivity contribution in [1.29, 1.82) is 0 Å². The number of hydrogen-bond acceptors (Lipinski definition) is 1. The van der Waals surface area contributed by atoms with Gasteiger partial charge in [-0.3, -0.25) is 4.90 Å². The molecule has 0 bridgehead atoms. The first-order chi connectivity index (χ1) is 7.29. The van der Waals surface area contributed by atoms with E-state index in [1.54, 1.807) is 11.1 Å². The third-order valence-corrected chi connectivity index (χ3v) is 3.28. The Morgan fingerprint density at radius 3 is 2.93 bits per heavy atom. The van der Waals surface area contributed by atoms with Crippen LogP contribution >= 0.6 is 0 Å². The van der Waals surface area contributed by atoms with Crippen molar-refractivity contribution in [2.24, 2.45) is 0 Å². The molecule has 0 amide bonds. The monoisotopic (exact) mass is 203 g/mol. The molecule has 2 rings (SSSR count). The van der Waals surface area contributed by atoms with Crippen LogP contribution in [0.1, 0.15) is 36.5 Å². The van der Waals surface area contributed by atoms with Gasteiger partial charge in [0.2, 0.25) is 0 Å². The van der Waals surface area contributed by atoms with Crippen LogP contribution in [0.15, 0.2) is 18.2 Å². The second-order valence-electron chi connectivity index (χ2n) is 4.65. The summed E-state index contributed by atoms with van der Waals surface area (Å²) in [6.45, 7) is 8.13. The first kappa shape index (κ1) is 10.7. The molecule has 0 spiro atoms. The minimum absolute atomic E-state index is 1.16. The van der Waals surface area contributed by atoms with E-state index in [-0.39, 0.29) is 0 Å². The van der Waals surface area contributed by atoms with Crippen molar-refractivity contribution in [3.8, 4) is 0 Å². The van der Waals surface area contributed by atoms with E-state index in [4.69, 9.17) is 0 Å². The summed E-state index contributed by atoms with van der Waals surface area (Å²) in [4.78, 5) is 2.58. The Morgan fingerprint density at radius 2 is 2.13 bits per heavy atom. The van der Waals surface area contributed by atoms with Crippen molar-refractivity contribution in [3.63, 3.8) is 0 Å². The lowest BCUT2D eigenvalue weighted by Gasteiger charge is -2.28. The minimum Gasteiger partial charge on any atom is -0.299 e. The van der Waals surface area contributed by atoms with Crippen LogP contribution < -0.4 is 0 Å². The topological polar surface area (TPSA) is 3.24 Å². The lowest BCUT2D eigenvalue weighted by molar-refractivity contribution is 0.250. The molecular formula is C14H21N. The molecule has 0 saturated carbocycles. The molecule has 0 atom stereocenters. The molecule has 1 aliphatic heterocycles. The molecule has 15 heavy (non-hydrogen) atoms. The molecule has 0 radical (unpaired) electrons. The summed E-state index contributed by atoms with van der Waals surface area (Å²) < 4.78 is 0. The molecule has 0 saturated heterocycles. The van der Waals surface area contributed by atoms with Gasteiger partial charge in [-0.05, 0) is 37.4 Å². The number of benzene rings is 1. The van der Waals surface area contributed by atoms with Gasteiger partial charge < -0.3 is 0 Å². The fourth-order valence-corrected chi connectivity index (χ4v) is 2.31. The van der Waals surface area contributed by atoms with Crippen LogP contribution in [0, 0.1) is 6.92 Å². The minimum atomic E-state index is 1.16. The largest absolute Gasteiger partial charge is 0.299 e. The highest BCUT2D eigenvalue weighted by Gasteiger charge is 2.14. The zero-order valence-electron chi connectivity index (χ0n) is 9.92. The fraction of sp³-hybridized carbons (Fsp3) is 0.571. The average molecular weight is 203 g/mol. The Morgan fingerprint density at radius 1 is 1.27 bits per heavy atom. The van der Waals surface area contributed by atoms with Crippen molar-refractivity contribution >= 4 is 0 Å². The van der Waals surface area contributed by atoms with Gasteiger partial charge in [0.1, 0.15) is 0 Å². The number of rotatable bonds is 3. The third-order valence-electron chi connectivity index (χ3n) is 3.28. The van der Waals surface area contributed by atoms with E-state index in [2.05, 4.69) is 36.9 Å². The van der Waals surface area contributed by atoms with Crippen LogP contribution in [0.2, 0.25) is 0 Å². The maximum Gasteiger partial charge on any atom is 0.0236 e. The van der Waals surface area contributed by atoms with E-state index < -0.39 is 0 Å². The predicted octanol–water partition coefficient (Wildman–Crippen LogP) is 3.15. The van der Waals surface area contributed by atoms with Gasteiger partial charge in [-0.15, -0.1) is 0 Å². The molecule has 1 aromatic carbocycles. The molecule has 1 aliphatic rings. The molecule has 0 fully saturated rings. The van der Waals surface area contributed by atoms with Gasteiger partial charge in [0.25, 0.3) is 0 Å². The molecular weight excluding hydrogens is 182 g/mol. The summed E-state index contributed by atoms with van der Waals surface area (Å²) in [6.07, 6.45) is 3.87. The van der Waals surface area contributed by atoms with Gasteiger partial charge in [0.15, 0.2) is 0 Å². The summed E-state index contributed by atoms with van der Waals surface area (Å²) >= 11 is 0. The number of hydrogen-bond donors (Lipinski definition) is 0. The number of unbranched alkanes of at least 4 members (excludes halogenated alkanes) is 1. The zero-order chi connectivity index (χ0) is 10.7. The highest BCUT2D eigenvalue weighted by atomic mass is 15.1. The van der Waals surface area contributed by atoms with Crippen molar-refractivity contribution in [2.45, 2.75) is 39.7 Å². The Hall–Kier alpha value is -0.820. The standard InChI is InChI=1S/C14H21N/c1-3-4-8-15-9-7-13-10-12(2)5-6-14(13)11-15/h5-6,10H,3-4,7-9,11H2,1-2H3. The normalized spacial score (nSPS) is 16.4.